The van der Waals surface area contributed by atoms with Crippen LogP contribution in [0.25, 0.3) is 0 Å². The number of ketones is 2. The van der Waals surface area contributed by atoms with E-state index in [2.05, 4.69) is 4.74 Å². The number of hydrogen-bond acceptors (Lipinski definition) is 4. The molecular formula is C15H26O4. The van der Waals surface area contributed by atoms with Gasteiger partial charge in [0.2, 0.25) is 0 Å². The molecule has 1 unspecified atom stereocenters. The van der Waals surface area contributed by atoms with E-state index in [-0.39, 0.29) is 23.4 Å². The lowest BCUT2D eigenvalue weighted by Gasteiger charge is -2.24. The first kappa shape index (κ1) is 17.8. The largest absolute Gasteiger partial charge is 0.468 e. The van der Waals surface area contributed by atoms with Crippen molar-refractivity contribution in [1.29, 1.82) is 0 Å². The Labute approximate surface area is 115 Å². The third kappa shape index (κ3) is 6.50. The topological polar surface area (TPSA) is 60.4 Å². The van der Waals surface area contributed by atoms with Gasteiger partial charge in [-0.1, -0.05) is 41.5 Å². The lowest BCUT2D eigenvalue weighted by atomic mass is 9.79. The van der Waals surface area contributed by atoms with Gasteiger partial charge in [0.15, 0.2) is 5.78 Å². The van der Waals surface area contributed by atoms with Gasteiger partial charge in [-0.15, -0.1) is 0 Å². The standard InChI is InChI=1S/C15H26O4/c1-14(2,3)9-10(16)8-11(13(18)19-7)12(17)15(4,5)6/h11H,8-9H2,1-7H3. The van der Waals surface area contributed by atoms with Gasteiger partial charge in [-0.25, -0.2) is 0 Å². The first-order valence-electron chi connectivity index (χ1n) is 6.52. The Morgan fingerprint density at radius 1 is 1.00 bits per heavy atom. The maximum absolute atomic E-state index is 12.2. The molecule has 0 rings (SSSR count). The van der Waals surface area contributed by atoms with Crippen molar-refractivity contribution in [3.63, 3.8) is 0 Å². The molecule has 0 aromatic carbocycles. The number of rotatable bonds is 5. The molecule has 0 bridgehead atoms. The zero-order valence-corrected chi connectivity index (χ0v) is 13.1. The molecule has 0 saturated carbocycles. The molecule has 110 valence electrons. The van der Waals surface area contributed by atoms with E-state index in [0.717, 1.165) is 0 Å². The van der Waals surface area contributed by atoms with Crippen LogP contribution in [0, 0.1) is 16.7 Å². The smallest absolute Gasteiger partial charge is 0.316 e. The van der Waals surface area contributed by atoms with Crippen LogP contribution in [-0.2, 0) is 19.1 Å². The Kier molecular flexibility index (Phi) is 5.91. The predicted octanol–water partition coefficient (Wildman–Crippen LogP) is 2.79. The summed E-state index contributed by atoms with van der Waals surface area (Å²) in [6.45, 7) is 11.1. The van der Waals surface area contributed by atoms with Gasteiger partial charge in [0.1, 0.15) is 11.7 Å². The Morgan fingerprint density at radius 2 is 1.47 bits per heavy atom. The number of carbonyl (C=O) groups is 3. The lowest BCUT2D eigenvalue weighted by Crippen LogP contribution is -2.36. The fourth-order valence-corrected chi connectivity index (χ4v) is 1.84. The summed E-state index contributed by atoms with van der Waals surface area (Å²) in [6.07, 6.45) is 0.276. The predicted molar refractivity (Wildman–Crippen MR) is 73.7 cm³/mol. The van der Waals surface area contributed by atoms with Gasteiger partial charge in [0, 0.05) is 18.3 Å². The fraction of sp³-hybridized carbons (Fsp3) is 0.800. The summed E-state index contributed by atoms with van der Waals surface area (Å²) in [6, 6.07) is 0. The monoisotopic (exact) mass is 270 g/mol. The molecule has 0 saturated heterocycles. The highest BCUT2D eigenvalue weighted by molar-refractivity contribution is 6.04. The Hall–Kier alpha value is -1.19. The van der Waals surface area contributed by atoms with Crippen molar-refractivity contribution in [2.45, 2.75) is 54.4 Å². The van der Waals surface area contributed by atoms with Crippen molar-refractivity contribution < 1.29 is 19.1 Å². The van der Waals surface area contributed by atoms with Gasteiger partial charge in [-0.2, -0.15) is 0 Å². The molecule has 0 radical (unpaired) electrons. The van der Waals surface area contributed by atoms with Crippen LogP contribution in [0.3, 0.4) is 0 Å². The molecule has 0 aliphatic rings. The molecule has 4 heteroatoms. The van der Waals surface area contributed by atoms with Crippen LogP contribution < -0.4 is 0 Å². The second-order valence-corrected chi connectivity index (χ2v) is 7.17. The van der Waals surface area contributed by atoms with Crippen molar-refractivity contribution in [2.24, 2.45) is 16.7 Å². The third-order valence-corrected chi connectivity index (χ3v) is 2.70. The minimum absolute atomic E-state index is 0.0694. The molecule has 0 spiro atoms. The van der Waals surface area contributed by atoms with E-state index in [1.807, 2.05) is 20.8 Å². The minimum Gasteiger partial charge on any atom is -0.468 e. The third-order valence-electron chi connectivity index (χ3n) is 2.70. The van der Waals surface area contributed by atoms with Crippen LogP contribution in [-0.4, -0.2) is 24.6 Å². The molecule has 1 atom stereocenters. The number of carbonyl (C=O) groups excluding carboxylic acids is 3. The summed E-state index contributed by atoms with van der Waals surface area (Å²) in [5.41, 5.74) is -0.816. The molecular weight excluding hydrogens is 244 g/mol. The van der Waals surface area contributed by atoms with Crippen LogP contribution in [0.1, 0.15) is 54.4 Å². The van der Waals surface area contributed by atoms with Crippen LogP contribution in [0.2, 0.25) is 0 Å². The molecule has 0 aliphatic carbocycles. The minimum atomic E-state index is -0.986. The summed E-state index contributed by atoms with van der Waals surface area (Å²) in [4.78, 5) is 35.9. The summed E-state index contributed by atoms with van der Waals surface area (Å²) in [5.74, 6) is -1.94. The fourth-order valence-electron chi connectivity index (χ4n) is 1.84. The number of methoxy groups -OCH3 is 1. The van der Waals surface area contributed by atoms with Crippen LogP contribution in [0.4, 0.5) is 0 Å². The number of Topliss-reactive ketones (excluding diaryl/α,β-unsaturated/α-hetero) is 2. The molecule has 0 heterocycles. The maximum Gasteiger partial charge on any atom is 0.316 e. The van der Waals surface area contributed by atoms with Gasteiger partial charge >= 0.3 is 5.97 Å². The Morgan fingerprint density at radius 3 is 1.79 bits per heavy atom. The Balaban J connectivity index is 4.96. The zero-order valence-electron chi connectivity index (χ0n) is 13.1. The molecule has 0 fully saturated rings. The Bertz CT molecular complexity index is 355. The van der Waals surface area contributed by atoms with Gasteiger partial charge in [-0.3, -0.25) is 14.4 Å². The highest BCUT2D eigenvalue weighted by Crippen LogP contribution is 2.26. The summed E-state index contributed by atoms with van der Waals surface area (Å²) >= 11 is 0. The van der Waals surface area contributed by atoms with Crippen molar-refractivity contribution in [3.05, 3.63) is 0 Å². The number of ether oxygens (including phenoxy) is 1. The van der Waals surface area contributed by atoms with Crippen molar-refractivity contribution in [3.8, 4) is 0 Å². The van der Waals surface area contributed by atoms with Crippen LogP contribution in [0.5, 0.6) is 0 Å². The molecule has 0 amide bonds. The highest BCUT2D eigenvalue weighted by atomic mass is 16.5. The average molecular weight is 270 g/mol. The van der Waals surface area contributed by atoms with Crippen molar-refractivity contribution in [1.82, 2.24) is 0 Å². The first-order chi connectivity index (χ1) is 8.38. The van der Waals surface area contributed by atoms with Gasteiger partial charge in [0.05, 0.1) is 7.11 Å². The second-order valence-electron chi connectivity index (χ2n) is 7.17. The average Bonchev–Trinajstić information content (AvgIpc) is 2.20. The summed E-state index contributed by atoms with van der Waals surface area (Å²) in [5, 5.41) is 0. The van der Waals surface area contributed by atoms with E-state index in [1.54, 1.807) is 20.8 Å². The quantitative estimate of drug-likeness (QED) is 0.569. The number of hydrogen-bond donors (Lipinski definition) is 0. The number of esters is 1. The van der Waals surface area contributed by atoms with Gasteiger partial charge < -0.3 is 4.74 Å². The van der Waals surface area contributed by atoms with Gasteiger partial charge in [0.25, 0.3) is 0 Å². The van der Waals surface area contributed by atoms with E-state index in [9.17, 15) is 14.4 Å². The zero-order chi connectivity index (χ0) is 15.4. The van der Waals surface area contributed by atoms with Crippen molar-refractivity contribution >= 4 is 17.5 Å². The second kappa shape index (κ2) is 6.31. The van der Waals surface area contributed by atoms with Crippen LogP contribution >= 0.6 is 0 Å². The van der Waals surface area contributed by atoms with E-state index in [4.69, 9.17) is 0 Å². The SMILES string of the molecule is COC(=O)C(CC(=O)CC(C)(C)C)C(=O)C(C)(C)C. The molecule has 0 aliphatic heterocycles. The highest BCUT2D eigenvalue weighted by Gasteiger charge is 2.37. The van der Waals surface area contributed by atoms with E-state index >= 15 is 0 Å². The van der Waals surface area contributed by atoms with E-state index in [1.165, 1.54) is 7.11 Å². The van der Waals surface area contributed by atoms with Gasteiger partial charge in [-0.05, 0) is 5.41 Å². The summed E-state index contributed by atoms with van der Waals surface area (Å²) in [7, 11) is 1.24. The summed E-state index contributed by atoms with van der Waals surface area (Å²) < 4.78 is 4.65. The molecule has 0 aromatic rings. The normalized spacial score (nSPS) is 13.8. The van der Waals surface area contributed by atoms with Crippen molar-refractivity contribution in [2.75, 3.05) is 7.11 Å². The molecule has 4 nitrogen and oxygen atoms in total. The molecule has 19 heavy (non-hydrogen) atoms. The van der Waals surface area contributed by atoms with E-state index in [0.29, 0.717) is 6.42 Å². The molecule has 0 N–H and O–H groups in total. The first-order valence-corrected chi connectivity index (χ1v) is 6.52. The van der Waals surface area contributed by atoms with Crippen LogP contribution in [0.15, 0.2) is 0 Å². The maximum atomic E-state index is 12.2. The lowest BCUT2D eigenvalue weighted by molar-refractivity contribution is -0.153. The molecule has 0 aromatic heterocycles. The van der Waals surface area contributed by atoms with E-state index < -0.39 is 17.3 Å².